The van der Waals surface area contributed by atoms with E-state index in [1.54, 1.807) is 25.3 Å². The molecule has 0 saturated carbocycles. The highest BCUT2D eigenvalue weighted by molar-refractivity contribution is 7.14. The van der Waals surface area contributed by atoms with Crippen LogP contribution in [0, 0.1) is 11.6 Å². The van der Waals surface area contributed by atoms with Crippen LogP contribution in [0.4, 0.5) is 25.3 Å². The number of nitrogens with zero attached hydrogens (tertiary/aromatic N) is 1. The number of rotatable bonds is 6. The third-order valence-electron chi connectivity index (χ3n) is 3.56. The first-order valence-corrected chi connectivity index (χ1v) is 8.59. The highest BCUT2D eigenvalue weighted by Crippen LogP contribution is 2.32. The van der Waals surface area contributed by atoms with Crippen LogP contribution in [-0.4, -0.2) is 25.1 Å². The van der Waals surface area contributed by atoms with Crippen molar-refractivity contribution in [1.29, 1.82) is 0 Å². The molecule has 1 amide bonds. The maximum Gasteiger partial charge on any atom is 0.275 e. The number of halogens is 2. The van der Waals surface area contributed by atoms with Crippen LogP contribution < -0.4 is 20.1 Å². The van der Waals surface area contributed by atoms with Crippen LogP contribution in [0.25, 0.3) is 0 Å². The molecule has 0 radical (unpaired) electrons. The van der Waals surface area contributed by atoms with Gasteiger partial charge in [0.2, 0.25) is 0 Å². The average Bonchev–Trinajstić information content (AvgIpc) is 3.13. The zero-order valence-corrected chi connectivity index (χ0v) is 15.2. The van der Waals surface area contributed by atoms with Gasteiger partial charge in [-0.25, -0.2) is 13.8 Å². The predicted octanol–water partition coefficient (Wildman–Crippen LogP) is 4.43. The average molecular weight is 391 g/mol. The Balaban J connectivity index is 1.75. The molecule has 9 heteroatoms. The van der Waals surface area contributed by atoms with E-state index in [0.717, 1.165) is 18.2 Å². The molecule has 0 fully saturated rings. The molecule has 3 aromatic rings. The van der Waals surface area contributed by atoms with Crippen LogP contribution in [0.3, 0.4) is 0 Å². The predicted molar refractivity (Wildman–Crippen MR) is 99.3 cm³/mol. The Hall–Kier alpha value is -3.20. The van der Waals surface area contributed by atoms with Crippen molar-refractivity contribution in [2.24, 2.45) is 0 Å². The number of nitrogens with one attached hydrogen (secondary N) is 2. The van der Waals surface area contributed by atoms with Crippen molar-refractivity contribution >= 4 is 33.8 Å². The lowest BCUT2D eigenvalue weighted by Gasteiger charge is -2.10. The fourth-order valence-electron chi connectivity index (χ4n) is 2.23. The highest BCUT2D eigenvalue weighted by atomic mass is 32.1. The first-order valence-electron chi connectivity index (χ1n) is 7.71. The van der Waals surface area contributed by atoms with Crippen LogP contribution in [0.2, 0.25) is 0 Å². The van der Waals surface area contributed by atoms with E-state index in [2.05, 4.69) is 15.6 Å². The second kappa shape index (κ2) is 8.00. The van der Waals surface area contributed by atoms with Gasteiger partial charge in [0.25, 0.3) is 5.91 Å². The van der Waals surface area contributed by atoms with Crippen molar-refractivity contribution < 1.29 is 23.0 Å². The van der Waals surface area contributed by atoms with Crippen LogP contribution in [0.5, 0.6) is 11.5 Å². The lowest BCUT2D eigenvalue weighted by atomic mass is 10.2. The number of ether oxygens (including phenoxy) is 2. The number of hydrogen-bond donors (Lipinski definition) is 2. The Morgan fingerprint density at radius 2 is 1.89 bits per heavy atom. The molecule has 1 heterocycles. The lowest BCUT2D eigenvalue weighted by molar-refractivity contribution is 0.102. The standard InChI is InChI=1S/C18H15F2N3O3S/c1-25-11-4-6-13(16(8-11)26-2)22-18-23-15(9-27-18)17(24)21-14-7-10(19)3-5-12(14)20/h3-9H,1-2H3,(H,21,24)(H,22,23). The Bertz CT molecular complexity index is 978. The molecule has 0 saturated heterocycles. The minimum absolute atomic E-state index is 0.0682. The summed E-state index contributed by atoms with van der Waals surface area (Å²) in [7, 11) is 3.07. The lowest BCUT2D eigenvalue weighted by Crippen LogP contribution is -2.13. The number of carbonyl (C=O) groups is 1. The molecule has 2 N–H and O–H groups in total. The molecule has 1 aromatic heterocycles. The van der Waals surface area contributed by atoms with E-state index in [0.29, 0.717) is 22.3 Å². The third kappa shape index (κ3) is 4.32. The molecule has 27 heavy (non-hydrogen) atoms. The second-order valence-electron chi connectivity index (χ2n) is 5.31. The van der Waals surface area contributed by atoms with E-state index in [-0.39, 0.29) is 11.4 Å². The molecule has 2 aromatic carbocycles. The van der Waals surface area contributed by atoms with Crippen molar-refractivity contribution in [1.82, 2.24) is 4.98 Å². The molecule has 0 atom stereocenters. The van der Waals surface area contributed by atoms with Gasteiger partial charge in [0.1, 0.15) is 28.8 Å². The maximum atomic E-state index is 13.6. The zero-order valence-electron chi connectivity index (χ0n) is 14.4. The number of aromatic nitrogens is 1. The molecular formula is C18H15F2N3O3S. The van der Waals surface area contributed by atoms with E-state index in [1.165, 1.54) is 23.8 Å². The summed E-state index contributed by atoms with van der Waals surface area (Å²) in [6.45, 7) is 0. The third-order valence-corrected chi connectivity index (χ3v) is 4.32. The first-order chi connectivity index (χ1) is 13.0. The van der Waals surface area contributed by atoms with Gasteiger partial charge < -0.3 is 20.1 Å². The Kier molecular flexibility index (Phi) is 5.51. The number of methoxy groups -OCH3 is 2. The summed E-state index contributed by atoms with van der Waals surface area (Å²) in [6.07, 6.45) is 0. The summed E-state index contributed by atoms with van der Waals surface area (Å²) < 4.78 is 37.3. The van der Waals surface area contributed by atoms with Gasteiger partial charge in [-0.1, -0.05) is 0 Å². The topological polar surface area (TPSA) is 72.5 Å². The molecular weight excluding hydrogens is 376 g/mol. The van der Waals surface area contributed by atoms with Gasteiger partial charge in [-0.2, -0.15) is 0 Å². The summed E-state index contributed by atoms with van der Waals surface area (Å²) in [4.78, 5) is 16.4. The fraction of sp³-hybridized carbons (Fsp3) is 0.111. The molecule has 3 rings (SSSR count). The van der Waals surface area contributed by atoms with E-state index >= 15 is 0 Å². The molecule has 140 valence electrons. The van der Waals surface area contributed by atoms with Crippen molar-refractivity contribution in [2.75, 3.05) is 24.9 Å². The summed E-state index contributed by atoms with van der Waals surface area (Å²) in [5, 5.41) is 7.29. The monoisotopic (exact) mass is 391 g/mol. The van der Waals surface area contributed by atoms with E-state index < -0.39 is 17.5 Å². The molecule has 0 aliphatic heterocycles. The molecule has 0 spiro atoms. The quantitative estimate of drug-likeness (QED) is 0.650. The van der Waals surface area contributed by atoms with E-state index in [1.807, 2.05) is 0 Å². The number of thiazole rings is 1. The zero-order chi connectivity index (χ0) is 19.4. The van der Waals surface area contributed by atoms with Crippen LogP contribution in [0.1, 0.15) is 10.5 Å². The van der Waals surface area contributed by atoms with E-state index in [9.17, 15) is 13.6 Å². The van der Waals surface area contributed by atoms with Gasteiger partial charge in [-0.05, 0) is 24.3 Å². The number of anilines is 3. The maximum absolute atomic E-state index is 13.6. The second-order valence-corrected chi connectivity index (χ2v) is 6.17. The summed E-state index contributed by atoms with van der Waals surface area (Å²) in [5.74, 6) is -0.864. The van der Waals surface area contributed by atoms with Gasteiger partial charge in [0.15, 0.2) is 5.13 Å². The Labute approximate surface area is 157 Å². The summed E-state index contributed by atoms with van der Waals surface area (Å²) in [6, 6.07) is 8.02. The van der Waals surface area contributed by atoms with Gasteiger partial charge in [0, 0.05) is 17.5 Å². The van der Waals surface area contributed by atoms with Crippen LogP contribution in [-0.2, 0) is 0 Å². The molecule has 0 unspecified atom stereocenters. The molecule has 0 aliphatic carbocycles. The van der Waals surface area contributed by atoms with Gasteiger partial charge >= 0.3 is 0 Å². The molecule has 0 aliphatic rings. The number of hydrogen-bond acceptors (Lipinski definition) is 6. The van der Waals surface area contributed by atoms with Crippen LogP contribution >= 0.6 is 11.3 Å². The highest BCUT2D eigenvalue weighted by Gasteiger charge is 2.15. The van der Waals surface area contributed by atoms with Crippen LogP contribution in [0.15, 0.2) is 41.8 Å². The van der Waals surface area contributed by atoms with Crippen molar-refractivity contribution in [3.8, 4) is 11.5 Å². The summed E-state index contributed by atoms with van der Waals surface area (Å²) >= 11 is 1.18. The molecule has 6 nitrogen and oxygen atoms in total. The number of carbonyl (C=O) groups excluding carboxylic acids is 1. The van der Waals surface area contributed by atoms with Gasteiger partial charge in [0.05, 0.1) is 25.6 Å². The smallest absolute Gasteiger partial charge is 0.275 e. The Morgan fingerprint density at radius 3 is 2.63 bits per heavy atom. The van der Waals surface area contributed by atoms with E-state index in [4.69, 9.17) is 9.47 Å². The minimum atomic E-state index is -0.735. The number of amides is 1. The normalized spacial score (nSPS) is 10.4. The van der Waals surface area contributed by atoms with Gasteiger partial charge in [-0.15, -0.1) is 11.3 Å². The SMILES string of the molecule is COc1ccc(Nc2nc(C(=O)Nc3cc(F)ccc3F)cs2)c(OC)c1. The first kappa shape index (κ1) is 18.6. The van der Waals surface area contributed by atoms with Crippen molar-refractivity contribution in [3.05, 3.63) is 59.1 Å². The Morgan fingerprint density at radius 1 is 1.07 bits per heavy atom. The van der Waals surface area contributed by atoms with Crippen molar-refractivity contribution in [2.45, 2.75) is 0 Å². The largest absolute Gasteiger partial charge is 0.497 e. The number of benzene rings is 2. The fourth-order valence-corrected chi connectivity index (χ4v) is 2.94. The van der Waals surface area contributed by atoms with Gasteiger partial charge in [-0.3, -0.25) is 4.79 Å². The minimum Gasteiger partial charge on any atom is -0.497 e. The summed E-state index contributed by atoms with van der Waals surface area (Å²) in [5.41, 5.74) is 0.453. The molecule has 0 bridgehead atoms. The van der Waals surface area contributed by atoms with Crippen molar-refractivity contribution in [3.63, 3.8) is 0 Å².